The fraction of sp³-hybridized carbons (Fsp3) is 0.302. The van der Waals surface area contributed by atoms with Gasteiger partial charge < -0.3 is 0 Å². The Labute approximate surface area is 281 Å². The van der Waals surface area contributed by atoms with Crippen LogP contribution in [0.3, 0.4) is 0 Å². The van der Waals surface area contributed by atoms with Crippen LogP contribution in [0, 0.1) is 12.0 Å². The molecule has 0 saturated heterocycles. The van der Waals surface area contributed by atoms with E-state index in [4.69, 9.17) is 0 Å². The van der Waals surface area contributed by atoms with Crippen LogP contribution in [0.1, 0.15) is 89.5 Å². The fourth-order valence-electron chi connectivity index (χ4n) is 6.29. The molecule has 44 heavy (non-hydrogen) atoms. The number of allylic oxidation sites excluding steroid dienone is 4. The van der Waals surface area contributed by atoms with E-state index in [0.717, 1.165) is 19.3 Å². The zero-order valence-corrected chi connectivity index (χ0v) is 30.1. The monoisotopic (exact) mass is 654 g/mol. The molecule has 0 aliphatic heterocycles. The number of hydrogen-bond donors (Lipinski definition) is 0. The summed E-state index contributed by atoms with van der Waals surface area (Å²) in [5.74, 6) is 0.634. The molecule has 1 aliphatic rings. The van der Waals surface area contributed by atoms with Gasteiger partial charge in [0.25, 0.3) is 0 Å². The standard InChI is InChI=1S/C17H17.C13H10.C13H21.Zr/c1-3-12-5-7-16-14(9-12)11-15-10-13(4-2)6-8-17(15)16;1-3-7-12(8-4-1)11-13-9-5-2-6-10-13;1-5-10-9-11(6-2)13(8-4)12(10)7-3;/h5-11H,3-4H2,1-2H3;1-10H;10H,5-8H2,1-4H3;/q-1;;-1;+2. The fourth-order valence-corrected chi connectivity index (χ4v) is 7.11. The van der Waals surface area contributed by atoms with Gasteiger partial charge in [-0.2, -0.15) is 11.1 Å². The molecule has 0 saturated carbocycles. The van der Waals surface area contributed by atoms with Crippen molar-refractivity contribution < 1.29 is 24.2 Å². The summed E-state index contributed by atoms with van der Waals surface area (Å²) >= 11 is 1.46. The molecule has 0 heterocycles. The Bertz CT molecular complexity index is 1610. The summed E-state index contributed by atoms with van der Waals surface area (Å²) < 4.78 is 1.42. The van der Waals surface area contributed by atoms with Crippen molar-refractivity contribution >= 4 is 24.8 Å². The summed E-state index contributed by atoms with van der Waals surface area (Å²) in [6.07, 6.45) is 10.6. The molecule has 1 heteroatoms. The van der Waals surface area contributed by atoms with E-state index in [1.165, 1.54) is 96.1 Å². The predicted octanol–water partition coefficient (Wildman–Crippen LogP) is 11.9. The maximum atomic E-state index is 3.63. The first-order chi connectivity index (χ1) is 21.5. The molecular weight excluding hydrogens is 608 g/mol. The van der Waals surface area contributed by atoms with Crippen molar-refractivity contribution in [1.82, 2.24) is 0 Å². The Kier molecular flexibility index (Phi) is 13.0. The van der Waals surface area contributed by atoms with Crippen LogP contribution in [0.25, 0.3) is 21.5 Å². The SMILES string of the molecule is CCC1=[C-]C(CC)C(CC)=C1CC.CCc1ccc2c(c1)[cH-]c1cc(CC)ccc12.[Zr+2]=[C](c1ccccc1)c1ccccc1. The van der Waals surface area contributed by atoms with Crippen molar-refractivity contribution in [1.29, 1.82) is 0 Å². The molecule has 1 aliphatic carbocycles. The van der Waals surface area contributed by atoms with E-state index in [1.807, 2.05) is 0 Å². The Hall–Kier alpha value is -3.02. The van der Waals surface area contributed by atoms with Crippen molar-refractivity contribution in [2.45, 2.75) is 80.1 Å². The van der Waals surface area contributed by atoms with Gasteiger partial charge in [-0.15, -0.1) is 39.7 Å². The third-order valence-corrected chi connectivity index (χ3v) is 10.2. The molecule has 5 aromatic carbocycles. The first-order valence-corrected chi connectivity index (χ1v) is 17.8. The third kappa shape index (κ3) is 8.17. The van der Waals surface area contributed by atoms with E-state index in [1.54, 1.807) is 11.1 Å². The molecule has 0 aromatic heterocycles. The normalized spacial score (nSPS) is 14.2. The summed E-state index contributed by atoms with van der Waals surface area (Å²) in [4.78, 5) is 0. The second-order valence-corrected chi connectivity index (χ2v) is 12.7. The summed E-state index contributed by atoms with van der Waals surface area (Å²) in [7, 11) is 0. The second kappa shape index (κ2) is 16.9. The van der Waals surface area contributed by atoms with Crippen LogP contribution in [0.4, 0.5) is 0 Å². The molecule has 0 fully saturated rings. The molecule has 0 bridgehead atoms. The van der Waals surface area contributed by atoms with E-state index < -0.39 is 0 Å². The molecule has 0 spiro atoms. The first-order valence-electron chi connectivity index (χ1n) is 16.6. The minimum atomic E-state index is 0.634. The third-order valence-electron chi connectivity index (χ3n) is 8.79. The van der Waals surface area contributed by atoms with Crippen molar-refractivity contribution in [3.63, 3.8) is 0 Å². The Morgan fingerprint density at radius 2 is 1.11 bits per heavy atom. The zero-order chi connectivity index (χ0) is 31.5. The van der Waals surface area contributed by atoms with Crippen molar-refractivity contribution in [3.05, 3.63) is 148 Å². The maximum absolute atomic E-state index is 3.63. The van der Waals surface area contributed by atoms with Gasteiger partial charge in [-0.1, -0.05) is 109 Å². The van der Waals surface area contributed by atoms with E-state index in [2.05, 4.69) is 151 Å². The van der Waals surface area contributed by atoms with Gasteiger partial charge >= 0.3 is 99.2 Å². The van der Waals surface area contributed by atoms with Gasteiger partial charge in [-0.25, -0.2) is 5.57 Å². The molecule has 0 nitrogen and oxygen atoms in total. The first kappa shape index (κ1) is 33.9. The van der Waals surface area contributed by atoms with Crippen LogP contribution in [0.2, 0.25) is 0 Å². The van der Waals surface area contributed by atoms with Crippen LogP contribution in [-0.4, -0.2) is 3.21 Å². The van der Waals surface area contributed by atoms with Crippen LogP contribution < -0.4 is 0 Å². The molecule has 0 radical (unpaired) electrons. The average Bonchev–Trinajstić information content (AvgIpc) is 3.65. The Balaban J connectivity index is 0.000000153. The van der Waals surface area contributed by atoms with Gasteiger partial charge in [0.1, 0.15) is 0 Å². The summed E-state index contributed by atoms with van der Waals surface area (Å²) in [5, 5.41) is 5.54. The van der Waals surface area contributed by atoms with Gasteiger partial charge in [0.2, 0.25) is 0 Å². The molecule has 5 aromatic rings. The molecule has 0 amide bonds. The molecule has 1 atom stereocenters. The van der Waals surface area contributed by atoms with Crippen molar-refractivity contribution in [3.8, 4) is 0 Å². The Morgan fingerprint density at radius 1 is 0.614 bits per heavy atom. The molecule has 1 unspecified atom stereocenters. The molecule has 6 rings (SSSR count). The second-order valence-electron chi connectivity index (χ2n) is 11.4. The van der Waals surface area contributed by atoms with Crippen molar-refractivity contribution in [2.75, 3.05) is 0 Å². The molecular formula is C43H48Zr. The Morgan fingerprint density at radius 3 is 1.50 bits per heavy atom. The molecule has 224 valence electrons. The number of hydrogen-bond acceptors (Lipinski definition) is 0. The van der Waals surface area contributed by atoms with Crippen molar-refractivity contribution in [2.24, 2.45) is 5.92 Å². The number of rotatable bonds is 8. The van der Waals surface area contributed by atoms with Gasteiger partial charge in [0.15, 0.2) is 0 Å². The topological polar surface area (TPSA) is 0 Å². The van der Waals surface area contributed by atoms with Crippen LogP contribution in [0.15, 0.2) is 120 Å². The van der Waals surface area contributed by atoms with E-state index >= 15 is 0 Å². The number of aryl methyl sites for hydroxylation is 2. The van der Waals surface area contributed by atoms with E-state index in [-0.39, 0.29) is 0 Å². The average molecular weight is 656 g/mol. The summed E-state index contributed by atoms with van der Waals surface area (Å²) in [6, 6.07) is 37.1. The van der Waals surface area contributed by atoms with Crippen LogP contribution in [0.5, 0.6) is 0 Å². The van der Waals surface area contributed by atoms with E-state index in [9.17, 15) is 0 Å². The van der Waals surface area contributed by atoms with Crippen LogP contribution >= 0.6 is 0 Å². The minimum absolute atomic E-state index is 0.634. The number of benzene rings is 4. The van der Waals surface area contributed by atoms with E-state index in [0.29, 0.717) is 5.92 Å². The quantitative estimate of drug-likeness (QED) is 0.146. The number of fused-ring (bicyclic) bond motifs is 3. The summed E-state index contributed by atoms with van der Waals surface area (Å²) in [6.45, 7) is 13.5. The van der Waals surface area contributed by atoms with Gasteiger partial charge in [-0.3, -0.25) is 6.08 Å². The summed E-state index contributed by atoms with van der Waals surface area (Å²) in [5.41, 5.74) is 10.3. The van der Waals surface area contributed by atoms with Crippen LogP contribution in [-0.2, 0) is 37.1 Å². The zero-order valence-electron chi connectivity index (χ0n) is 27.6. The van der Waals surface area contributed by atoms with Gasteiger partial charge in [0.05, 0.1) is 0 Å². The van der Waals surface area contributed by atoms with Gasteiger partial charge in [-0.05, 0) is 12.8 Å². The van der Waals surface area contributed by atoms with Gasteiger partial charge in [0, 0.05) is 0 Å². The predicted molar refractivity (Wildman–Crippen MR) is 190 cm³/mol. The molecule has 0 N–H and O–H groups in total.